The third-order valence-electron chi connectivity index (χ3n) is 6.44. The summed E-state index contributed by atoms with van der Waals surface area (Å²) in [5.41, 5.74) is 2.16. The van der Waals surface area contributed by atoms with Crippen LogP contribution in [0.15, 0.2) is 48.8 Å². The highest BCUT2D eigenvalue weighted by Crippen LogP contribution is 2.30. The largest absolute Gasteiger partial charge is 0.371 e. The topological polar surface area (TPSA) is 31.4 Å². The number of aromatic nitrogens is 1. The van der Waals surface area contributed by atoms with Gasteiger partial charge in [-0.2, -0.15) is 0 Å². The van der Waals surface area contributed by atoms with Crippen molar-refractivity contribution in [3.05, 3.63) is 59.9 Å². The van der Waals surface area contributed by atoms with Crippen molar-refractivity contribution in [1.29, 1.82) is 0 Å². The number of anilines is 1. The van der Waals surface area contributed by atoms with E-state index in [2.05, 4.69) is 41.6 Å². The second-order valence-corrected chi connectivity index (χ2v) is 9.67. The van der Waals surface area contributed by atoms with Gasteiger partial charge in [0.25, 0.3) is 0 Å². The Morgan fingerprint density at radius 2 is 1.94 bits per heavy atom. The van der Waals surface area contributed by atoms with Crippen molar-refractivity contribution < 1.29 is 4.39 Å². The van der Waals surface area contributed by atoms with Crippen molar-refractivity contribution in [1.82, 2.24) is 15.2 Å². The maximum absolute atomic E-state index is 14.5. The molecule has 2 heterocycles. The summed E-state index contributed by atoms with van der Waals surface area (Å²) in [6.07, 6.45) is 6.13. The van der Waals surface area contributed by atoms with Crippen molar-refractivity contribution in [2.24, 2.45) is 0 Å². The Labute approximate surface area is 199 Å². The van der Waals surface area contributed by atoms with E-state index in [1.54, 1.807) is 13.8 Å². The molecule has 0 aliphatic carbocycles. The number of rotatable bonds is 11. The van der Waals surface area contributed by atoms with Crippen molar-refractivity contribution in [3.63, 3.8) is 0 Å². The van der Waals surface area contributed by atoms with Gasteiger partial charge in [0.2, 0.25) is 0 Å². The Bertz CT molecular complexity index is 912. The summed E-state index contributed by atoms with van der Waals surface area (Å²) in [7, 11) is 0. The summed E-state index contributed by atoms with van der Waals surface area (Å²) in [6, 6.07) is 11.8. The molecule has 1 fully saturated rings. The standard InChI is InChI=1S/C28H41FN4/c1-6-7-19-33(23(3)30-16-20-32-17-9-8-10-18-32)27-22(2)14-15-26(31-27)24-12-11-13-25(21-24)28(4,5)29/h11-15,21,30H,3,6-10,16-20H2,1-2,4-5H3. The first-order valence-corrected chi connectivity index (χ1v) is 12.5. The van der Waals surface area contributed by atoms with E-state index >= 15 is 0 Å². The zero-order chi connectivity index (χ0) is 23.8. The minimum Gasteiger partial charge on any atom is -0.371 e. The van der Waals surface area contributed by atoms with Crippen LogP contribution in [0.25, 0.3) is 11.3 Å². The molecule has 3 rings (SSSR count). The highest BCUT2D eigenvalue weighted by Gasteiger charge is 2.20. The highest BCUT2D eigenvalue weighted by atomic mass is 19.1. The molecule has 33 heavy (non-hydrogen) atoms. The van der Waals surface area contributed by atoms with Crippen molar-refractivity contribution in [3.8, 4) is 11.3 Å². The lowest BCUT2D eigenvalue weighted by Crippen LogP contribution is -2.39. The first-order chi connectivity index (χ1) is 15.8. The molecule has 0 bridgehead atoms. The molecule has 1 N–H and O–H groups in total. The third-order valence-corrected chi connectivity index (χ3v) is 6.44. The van der Waals surface area contributed by atoms with E-state index < -0.39 is 5.67 Å². The average Bonchev–Trinajstić information content (AvgIpc) is 2.80. The van der Waals surface area contributed by atoms with Crippen molar-refractivity contribution in [2.45, 2.75) is 65.5 Å². The number of piperidine rings is 1. The lowest BCUT2D eigenvalue weighted by atomic mass is 9.97. The van der Waals surface area contributed by atoms with Gasteiger partial charge < -0.3 is 15.1 Å². The zero-order valence-corrected chi connectivity index (χ0v) is 21.0. The van der Waals surface area contributed by atoms with Crippen LogP contribution in [0.5, 0.6) is 0 Å². The molecular weight excluding hydrogens is 411 g/mol. The predicted octanol–water partition coefficient (Wildman–Crippen LogP) is 6.41. The molecule has 1 aliphatic heterocycles. The molecule has 0 unspecified atom stereocenters. The van der Waals surface area contributed by atoms with Gasteiger partial charge in [-0.25, -0.2) is 9.37 Å². The smallest absolute Gasteiger partial charge is 0.137 e. The minimum absolute atomic E-state index is 0.663. The lowest BCUT2D eigenvalue weighted by molar-refractivity contribution is 0.221. The number of nitrogens with one attached hydrogen (secondary N) is 1. The Morgan fingerprint density at radius 3 is 2.64 bits per heavy atom. The van der Waals surface area contributed by atoms with E-state index in [0.717, 1.165) is 60.9 Å². The maximum Gasteiger partial charge on any atom is 0.137 e. The number of nitrogens with zero attached hydrogens (tertiary/aromatic N) is 3. The number of hydrogen-bond acceptors (Lipinski definition) is 4. The van der Waals surface area contributed by atoms with Gasteiger partial charge in [-0.1, -0.05) is 50.6 Å². The molecule has 1 aliphatic rings. The summed E-state index contributed by atoms with van der Waals surface area (Å²) in [6.45, 7) is 17.0. The number of halogens is 1. The number of aryl methyl sites for hydroxylation is 1. The molecule has 2 aromatic rings. The average molecular weight is 453 g/mol. The molecule has 0 saturated carbocycles. The van der Waals surface area contributed by atoms with Crippen molar-refractivity contribution in [2.75, 3.05) is 37.6 Å². The summed E-state index contributed by atoms with van der Waals surface area (Å²) in [4.78, 5) is 9.77. The summed E-state index contributed by atoms with van der Waals surface area (Å²) >= 11 is 0. The molecular formula is C28H41FN4. The van der Waals surface area contributed by atoms with Gasteiger partial charge >= 0.3 is 0 Å². The van der Waals surface area contributed by atoms with Crippen LogP contribution < -0.4 is 10.2 Å². The van der Waals surface area contributed by atoms with Crippen LogP contribution >= 0.6 is 0 Å². The van der Waals surface area contributed by atoms with E-state index in [1.807, 2.05) is 30.3 Å². The maximum atomic E-state index is 14.5. The molecule has 0 amide bonds. The molecule has 0 atom stereocenters. The molecule has 1 aromatic heterocycles. The van der Waals surface area contributed by atoms with Gasteiger partial charge in [0.15, 0.2) is 0 Å². The SMILES string of the molecule is C=C(NCCN1CCCCC1)N(CCCC)c1nc(-c2cccc(C(C)(C)F)c2)ccc1C. The Morgan fingerprint density at radius 1 is 1.18 bits per heavy atom. The monoisotopic (exact) mass is 452 g/mol. The van der Waals surface area contributed by atoms with E-state index in [4.69, 9.17) is 4.98 Å². The third kappa shape index (κ3) is 7.04. The fourth-order valence-corrected chi connectivity index (χ4v) is 4.32. The molecule has 1 saturated heterocycles. The summed E-state index contributed by atoms with van der Waals surface area (Å²) in [5.74, 6) is 1.81. The zero-order valence-electron chi connectivity index (χ0n) is 21.0. The molecule has 0 spiro atoms. The quantitative estimate of drug-likeness (QED) is 0.427. The minimum atomic E-state index is -1.39. The second kappa shape index (κ2) is 11.6. The van der Waals surface area contributed by atoms with E-state index in [-0.39, 0.29) is 0 Å². The molecule has 0 radical (unpaired) electrons. The fourth-order valence-electron chi connectivity index (χ4n) is 4.32. The van der Waals surface area contributed by atoms with Gasteiger partial charge in [-0.05, 0) is 76.4 Å². The number of hydrogen-bond donors (Lipinski definition) is 1. The Balaban J connectivity index is 1.79. The number of pyridine rings is 1. The van der Waals surface area contributed by atoms with Crippen LogP contribution in [0.1, 0.15) is 64.0 Å². The van der Waals surface area contributed by atoms with E-state index in [0.29, 0.717) is 5.56 Å². The van der Waals surface area contributed by atoms with Crippen LogP contribution in [0.4, 0.5) is 10.2 Å². The highest BCUT2D eigenvalue weighted by molar-refractivity contribution is 5.65. The van der Waals surface area contributed by atoms with Crippen LogP contribution in [0.2, 0.25) is 0 Å². The fraction of sp³-hybridized carbons (Fsp3) is 0.536. The Hall–Kier alpha value is -2.40. The predicted molar refractivity (Wildman–Crippen MR) is 138 cm³/mol. The van der Waals surface area contributed by atoms with Gasteiger partial charge in [0, 0.05) is 25.2 Å². The van der Waals surface area contributed by atoms with Crippen LogP contribution in [0, 0.1) is 6.92 Å². The van der Waals surface area contributed by atoms with E-state index in [9.17, 15) is 4.39 Å². The normalized spacial score (nSPS) is 14.8. The summed E-state index contributed by atoms with van der Waals surface area (Å²) in [5, 5.41) is 3.55. The van der Waals surface area contributed by atoms with Gasteiger partial charge in [-0.15, -0.1) is 0 Å². The number of likely N-dealkylation sites (tertiary alicyclic amines) is 1. The summed E-state index contributed by atoms with van der Waals surface area (Å²) < 4.78 is 14.5. The van der Waals surface area contributed by atoms with Gasteiger partial charge in [0.1, 0.15) is 11.5 Å². The number of unbranched alkanes of at least 4 members (excludes halogenated alkanes) is 1. The van der Waals surface area contributed by atoms with Crippen LogP contribution in [-0.2, 0) is 5.67 Å². The number of benzene rings is 1. The molecule has 180 valence electrons. The Kier molecular flexibility index (Phi) is 8.90. The van der Waals surface area contributed by atoms with Crippen LogP contribution in [0.3, 0.4) is 0 Å². The first kappa shape index (κ1) is 25.2. The molecule has 5 heteroatoms. The molecule has 1 aromatic carbocycles. The first-order valence-electron chi connectivity index (χ1n) is 12.5. The molecule has 4 nitrogen and oxygen atoms in total. The number of alkyl halides is 1. The second-order valence-electron chi connectivity index (χ2n) is 9.67. The van der Waals surface area contributed by atoms with Gasteiger partial charge in [-0.3, -0.25) is 0 Å². The van der Waals surface area contributed by atoms with Crippen molar-refractivity contribution >= 4 is 5.82 Å². The lowest BCUT2D eigenvalue weighted by Gasteiger charge is -2.30. The van der Waals surface area contributed by atoms with Gasteiger partial charge in [0.05, 0.1) is 11.5 Å². The van der Waals surface area contributed by atoms with Crippen LogP contribution in [-0.4, -0.2) is 42.6 Å². The van der Waals surface area contributed by atoms with E-state index in [1.165, 1.54) is 32.4 Å².